The average molecular weight is 289 g/mol. The summed E-state index contributed by atoms with van der Waals surface area (Å²) >= 11 is 1.75. The summed E-state index contributed by atoms with van der Waals surface area (Å²) in [5.74, 6) is 1.57. The number of nitrogens with zero attached hydrogens (tertiary/aromatic N) is 2. The second-order valence-electron chi connectivity index (χ2n) is 4.20. The molecule has 0 atom stereocenters. The molecule has 1 N–H and O–H groups in total. The highest BCUT2D eigenvalue weighted by atomic mass is 32.2. The van der Waals surface area contributed by atoms with Crippen molar-refractivity contribution >= 4 is 23.3 Å². The Kier molecular flexibility index (Phi) is 4.95. The van der Waals surface area contributed by atoms with Crippen molar-refractivity contribution in [3.63, 3.8) is 0 Å². The van der Waals surface area contributed by atoms with Gasteiger partial charge < -0.3 is 5.32 Å². The number of thioether (sulfide) groups is 1. The first-order chi connectivity index (χ1) is 9.66. The van der Waals surface area contributed by atoms with E-state index in [9.17, 15) is 10.1 Å². The van der Waals surface area contributed by atoms with Gasteiger partial charge in [-0.2, -0.15) is 0 Å². The molecule has 1 aromatic heterocycles. The van der Waals surface area contributed by atoms with E-state index in [1.807, 2.05) is 18.2 Å². The fourth-order valence-electron chi connectivity index (χ4n) is 1.70. The zero-order valence-electron chi connectivity index (χ0n) is 11.1. The van der Waals surface area contributed by atoms with Crippen LogP contribution in [0.25, 0.3) is 0 Å². The van der Waals surface area contributed by atoms with Crippen molar-refractivity contribution in [2.45, 2.75) is 11.8 Å². The van der Waals surface area contributed by atoms with E-state index in [2.05, 4.69) is 22.4 Å². The molecule has 1 heterocycles. The standard InChI is InChI=1S/C14H15N3O2S/c1-11-9-14(16-10-13(11)17(18)19)15-7-8-20-12-5-3-2-4-6-12/h2-6,9-10H,7-8H2,1H3,(H,15,16). The molecular weight excluding hydrogens is 274 g/mol. The maximum Gasteiger partial charge on any atom is 0.290 e. The molecule has 2 rings (SSSR count). The van der Waals surface area contributed by atoms with E-state index in [1.54, 1.807) is 24.8 Å². The van der Waals surface area contributed by atoms with Crippen LogP contribution in [0.2, 0.25) is 0 Å². The smallest absolute Gasteiger partial charge is 0.290 e. The van der Waals surface area contributed by atoms with E-state index in [1.165, 1.54) is 11.1 Å². The summed E-state index contributed by atoms with van der Waals surface area (Å²) in [6, 6.07) is 11.9. The summed E-state index contributed by atoms with van der Waals surface area (Å²) in [6.45, 7) is 2.47. The van der Waals surface area contributed by atoms with E-state index in [0.29, 0.717) is 11.4 Å². The number of rotatable bonds is 6. The highest BCUT2D eigenvalue weighted by Gasteiger charge is 2.10. The van der Waals surface area contributed by atoms with Crippen molar-refractivity contribution in [1.82, 2.24) is 4.98 Å². The second-order valence-corrected chi connectivity index (χ2v) is 5.37. The van der Waals surface area contributed by atoms with Crippen LogP contribution in [0, 0.1) is 17.0 Å². The third-order valence-electron chi connectivity index (χ3n) is 2.70. The molecule has 0 unspecified atom stereocenters. The molecule has 1 aromatic carbocycles. The Morgan fingerprint density at radius 1 is 1.35 bits per heavy atom. The second kappa shape index (κ2) is 6.91. The number of aromatic nitrogens is 1. The lowest BCUT2D eigenvalue weighted by molar-refractivity contribution is -0.385. The molecule has 0 amide bonds. The maximum atomic E-state index is 10.7. The zero-order valence-corrected chi connectivity index (χ0v) is 11.9. The Bertz CT molecular complexity index is 590. The third kappa shape index (κ3) is 3.96. The lowest BCUT2D eigenvalue weighted by Crippen LogP contribution is -2.06. The van der Waals surface area contributed by atoms with Gasteiger partial charge in [0.05, 0.1) is 4.92 Å². The van der Waals surface area contributed by atoms with Crippen LogP contribution in [0.15, 0.2) is 47.5 Å². The van der Waals surface area contributed by atoms with Crippen molar-refractivity contribution in [3.8, 4) is 0 Å². The van der Waals surface area contributed by atoms with Crippen LogP contribution in [0.5, 0.6) is 0 Å². The van der Waals surface area contributed by atoms with Crippen LogP contribution in [-0.2, 0) is 0 Å². The van der Waals surface area contributed by atoms with Gasteiger partial charge in [-0.3, -0.25) is 10.1 Å². The van der Waals surface area contributed by atoms with Crippen LogP contribution in [-0.4, -0.2) is 22.2 Å². The normalized spacial score (nSPS) is 10.2. The molecular formula is C14H15N3O2S. The van der Waals surface area contributed by atoms with Crippen molar-refractivity contribution in [2.75, 3.05) is 17.6 Å². The number of aryl methyl sites for hydroxylation is 1. The Hall–Kier alpha value is -2.08. The molecule has 20 heavy (non-hydrogen) atoms. The lowest BCUT2D eigenvalue weighted by atomic mass is 10.2. The van der Waals surface area contributed by atoms with E-state index in [0.717, 1.165) is 12.3 Å². The minimum atomic E-state index is -0.419. The Labute approximate surface area is 121 Å². The molecule has 0 spiro atoms. The van der Waals surface area contributed by atoms with Crippen LogP contribution < -0.4 is 5.32 Å². The van der Waals surface area contributed by atoms with Crippen molar-refractivity contribution in [1.29, 1.82) is 0 Å². The molecule has 0 bridgehead atoms. The quantitative estimate of drug-likeness (QED) is 0.381. The molecule has 0 aliphatic rings. The minimum Gasteiger partial charge on any atom is -0.369 e. The van der Waals surface area contributed by atoms with E-state index in [-0.39, 0.29) is 5.69 Å². The summed E-state index contributed by atoms with van der Waals surface area (Å²) in [5, 5.41) is 13.9. The highest BCUT2D eigenvalue weighted by molar-refractivity contribution is 7.99. The van der Waals surface area contributed by atoms with Crippen LogP contribution in [0.4, 0.5) is 11.5 Å². The maximum absolute atomic E-state index is 10.7. The van der Waals surface area contributed by atoms with Gasteiger partial charge in [0.25, 0.3) is 5.69 Å². The minimum absolute atomic E-state index is 0.0502. The lowest BCUT2D eigenvalue weighted by Gasteiger charge is -2.06. The number of nitrogens with one attached hydrogen (secondary N) is 1. The molecule has 2 aromatic rings. The van der Waals surface area contributed by atoms with Gasteiger partial charge in [-0.25, -0.2) is 4.98 Å². The average Bonchev–Trinajstić information content (AvgIpc) is 2.44. The summed E-state index contributed by atoms with van der Waals surface area (Å²) in [5.41, 5.74) is 0.664. The van der Waals surface area contributed by atoms with Crippen molar-refractivity contribution < 1.29 is 4.92 Å². The van der Waals surface area contributed by atoms with E-state index < -0.39 is 4.92 Å². The number of pyridine rings is 1. The fourth-order valence-corrected chi connectivity index (χ4v) is 2.49. The molecule has 104 valence electrons. The van der Waals surface area contributed by atoms with E-state index >= 15 is 0 Å². The Morgan fingerprint density at radius 3 is 2.75 bits per heavy atom. The van der Waals surface area contributed by atoms with E-state index in [4.69, 9.17) is 0 Å². The first-order valence-electron chi connectivity index (χ1n) is 6.19. The summed E-state index contributed by atoms with van der Waals surface area (Å²) in [7, 11) is 0. The largest absolute Gasteiger partial charge is 0.369 e. The third-order valence-corrected chi connectivity index (χ3v) is 3.71. The molecule has 0 saturated heterocycles. The van der Waals surface area contributed by atoms with Gasteiger partial charge in [-0.05, 0) is 25.1 Å². The van der Waals surface area contributed by atoms with Gasteiger partial charge >= 0.3 is 0 Å². The zero-order chi connectivity index (χ0) is 14.4. The molecule has 0 aliphatic carbocycles. The number of hydrogen-bond donors (Lipinski definition) is 1. The Morgan fingerprint density at radius 2 is 2.10 bits per heavy atom. The van der Waals surface area contributed by atoms with Gasteiger partial charge in [0, 0.05) is 22.8 Å². The molecule has 0 aliphatic heterocycles. The van der Waals surface area contributed by atoms with Gasteiger partial charge in [-0.1, -0.05) is 18.2 Å². The molecule has 6 heteroatoms. The highest BCUT2D eigenvalue weighted by Crippen LogP contribution is 2.19. The summed E-state index contributed by atoms with van der Waals surface area (Å²) < 4.78 is 0. The molecule has 0 fully saturated rings. The topological polar surface area (TPSA) is 68.1 Å². The molecule has 5 nitrogen and oxygen atoms in total. The number of benzene rings is 1. The predicted octanol–water partition coefficient (Wildman–Crippen LogP) is 3.50. The number of nitro groups is 1. The van der Waals surface area contributed by atoms with Gasteiger partial charge in [0.15, 0.2) is 0 Å². The predicted molar refractivity (Wildman–Crippen MR) is 81.3 cm³/mol. The van der Waals surface area contributed by atoms with Gasteiger partial charge in [-0.15, -0.1) is 11.8 Å². The van der Waals surface area contributed by atoms with Crippen molar-refractivity contribution in [2.24, 2.45) is 0 Å². The first-order valence-corrected chi connectivity index (χ1v) is 7.18. The molecule has 0 saturated carbocycles. The fraction of sp³-hybridized carbons (Fsp3) is 0.214. The SMILES string of the molecule is Cc1cc(NCCSc2ccccc2)ncc1[N+](=O)[O-]. The van der Waals surface area contributed by atoms with Gasteiger partial charge in [0.2, 0.25) is 0 Å². The first kappa shape index (κ1) is 14.3. The Balaban J connectivity index is 1.83. The number of hydrogen-bond acceptors (Lipinski definition) is 5. The molecule has 0 radical (unpaired) electrons. The van der Waals surface area contributed by atoms with Crippen LogP contribution in [0.3, 0.4) is 0 Å². The summed E-state index contributed by atoms with van der Waals surface area (Å²) in [6.07, 6.45) is 1.29. The number of anilines is 1. The summed E-state index contributed by atoms with van der Waals surface area (Å²) in [4.78, 5) is 15.5. The van der Waals surface area contributed by atoms with Gasteiger partial charge in [0.1, 0.15) is 12.0 Å². The van der Waals surface area contributed by atoms with Crippen molar-refractivity contribution in [3.05, 3.63) is 58.3 Å². The van der Waals surface area contributed by atoms with Crippen LogP contribution >= 0.6 is 11.8 Å². The monoisotopic (exact) mass is 289 g/mol. The van der Waals surface area contributed by atoms with Crippen LogP contribution in [0.1, 0.15) is 5.56 Å².